The Morgan fingerprint density at radius 1 is 1.05 bits per heavy atom. The lowest BCUT2D eigenvalue weighted by Gasteiger charge is -2.27. The van der Waals surface area contributed by atoms with Crippen LogP contribution < -0.4 is 5.32 Å². The first-order valence-corrected chi connectivity index (χ1v) is 8.09. The van der Waals surface area contributed by atoms with Crippen molar-refractivity contribution in [3.8, 4) is 0 Å². The number of nitrogens with one attached hydrogen (secondary N) is 1. The predicted octanol–water partition coefficient (Wildman–Crippen LogP) is 5.32. The molecule has 2 heteroatoms. The van der Waals surface area contributed by atoms with Crippen LogP contribution in [0, 0.1) is 12.3 Å². The summed E-state index contributed by atoms with van der Waals surface area (Å²) in [6.07, 6.45) is 1.14. The molecule has 0 saturated heterocycles. The summed E-state index contributed by atoms with van der Waals surface area (Å²) in [5, 5.41) is 3.73. The molecule has 1 heterocycles. The fourth-order valence-electron chi connectivity index (χ4n) is 2.41. The van der Waals surface area contributed by atoms with Gasteiger partial charge in [0.15, 0.2) is 0 Å². The summed E-state index contributed by atoms with van der Waals surface area (Å²) in [5.41, 5.74) is 1.70. The second-order valence-corrected chi connectivity index (χ2v) is 7.99. The predicted molar refractivity (Wildman–Crippen MR) is 89.2 cm³/mol. The SMILES string of the molecule is Cc1ccc(CNC(CC(C)(C)C)c2ccccc2)s1. The summed E-state index contributed by atoms with van der Waals surface area (Å²) >= 11 is 1.88. The zero-order valence-electron chi connectivity index (χ0n) is 12.9. The monoisotopic (exact) mass is 287 g/mol. The van der Waals surface area contributed by atoms with Gasteiger partial charge in [-0.05, 0) is 36.5 Å². The third kappa shape index (κ3) is 4.77. The number of hydrogen-bond acceptors (Lipinski definition) is 2. The molecule has 20 heavy (non-hydrogen) atoms. The molecule has 1 aromatic carbocycles. The average molecular weight is 287 g/mol. The highest BCUT2D eigenvalue weighted by molar-refractivity contribution is 7.11. The molecule has 0 aliphatic heterocycles. The van der Waals surface area contributed by atoms with Crippen molar-refractivity contribution in [3.63, 3.8) is 0 Å². The minimum Gasteiger partial charge on any atom is -0.305 e. The summed E-state index contributed by atoms with van der Waals surface area (Å²) < 4.78 is 0. The van der Waals surface area contributed by atoms with Crippen LogP contribution in [-0.2, 0) is 6.54 Å². The Labute approximate surface area is 127 Å². The van der Waals surface area contributed by atoms with Crippen molar-refractivity contribution >= 4 is 11.3 Å². The van der Waals surface area contributed by atoms with Gasteiger partial charge < -0.3 is 5.32 Å². The van der Waals surface area contributed by atoms with Gasteiger partial charge in [-0.1, -0.05) is 51.1 Å². The fourth-order valence-corrected chi connectivity index (χ4v) is 3.25. The molecule has 2 rings (SSSR count). The van der Waals surface area contributed by atoms with Crippen LogP contribution in [-0.4, -0.2) is 0 Å². The summed E-state index contributed by atoms with van der Waals surface area (Å²) in [7, 11) is 0. The average Bonchev–Trinajstić information content (AvgIpc) is 2.80. The van der Waals surface area contributed by atoms with Gasteiger partial charge in [0.1, 0.15) is 0 Å². The number of thiophene rings is 1. The van der Waals surface area contributed by atoms with Gasteiger partial charge >= 0.3 is 0 Å². The number of hydrogen-bond donors (Lipinski definition) is 1. The van der Waals surface area contributed by atoms with Gasteiger partial charge in [0.05, 0.1) is 0 Å². The third-order valence-electron chi connectivity index (χ3n) is 3.34. The Bertz CT molecular complexity index is 522. The molecule has 2 aromatic rings. The van der Waals surface area contributed by atoms with E-state index in [0.29, 0.717) is 11.5 Å². The van der Waals surface area contributed by atoms with E-state index in [1.54, 1.807) is 0 Å². The molecule has 0 radical (unpaired) electrons. The molecule has 0 spiro atoms. The molecule has 108 valence electrons. The first-order valence-electron chi connectivity index (χ1n) is 7.28. The smallest absolute Gasteiger partial charge is 0.0328 e. The lowest BCUT2D eigenvalue weighted by Crippen LogP contribution is -2.25. The van der Waals surface area contributed by atoms with Crippen LogP contribution in [0.1, 0.15) is 48.6 Å². The quantitative estimate of drug-likeness (QED) is 0.784. The molecule has 0 aliphatic rings. The number of aryl methyl sites for hydroxylation is 1. The summed E-state index contributed by atoms with van der Waals surface area (Å²) in [6.45, 7) is 10.0. The van der Waals surface area contributed by atoms with E-state index in [0.717, 1.165) is 13.0 Å². The summed E-state index contributed by atoms with van der Waals surface area (Å²) in [5.74, 6) is 0. The van der Waals surface area contributed by atoms with E-state index < -0.39 is 0 Å². The van der Waals surface area contributed by atoms with Crippen molar-refractivity contribution in [1.82, 2.24) is 5.32 Å². The van der Waals surface area contributed by atoms with Crippen molar-refractivity contribution in [3.05, 3.63) is 57.8 Å². The standard InChI is InChI=1S/C18H25NS/c1-14-10-11-16(20-14)13-19-17(12-18(2,3)4)15-8-6-5-7-9-15/h5-11,17,19H,12-13H2,1-4H3. The van der Waals surface area contributed by atoms with Gasteiger partial charge in [0, 0.05) is 22.3 Å². The van der Waals surface area contributed by atoms with Gasteiger partial charge in [-0.25, -0.2) is 0 Å². The highest BCUT2D eigenvalue weighted by Gasteiger charge is 2.19. The maximum absolute atomic E-state index is 3.73. The Morgan fingerprint density at radius 2 is 1.75 bits per heavy atom. The fraction of sp³-hybridized carbons (Fsp3) is 0.444. The molecular weight excluding hydrogens is 262 g/mol. The van der Waals surface area contributed by atoms with Crippen molar-refractivity contribution < 1.29 is 0 Å². The molecule has 1 N–H and O–H groups in total. The maximum atomic E-state index is 3.73. The molecule has 1 atom stereocenters. The van der Waals surface area contributed by atoms with E-state index in [1.165, 1.54) is 15.3 Å². The Balaban J connectivity index is 2.07. The Morgan fingerprint density at radius 3 is 2.30 bits per heavy atom. The Kier molecular flexibility index (Phi) is 5.00. The zero-order chi connectivity index (χ0) is 14.6. The van der Waals surface area contributed by atoms with E-state index in [1.807, 2.05) is 11.3 Å². The third-order valence-corrected chi connectivity index (χ3v) is 4.34. The summed E-state index contributed by atoms with van der Waals surface area (Å²) in [6, 6.07) is 15.6. The summed E-state index contributed by atoms with van der Waals surface area (Å²) in [4.78, 5) is 2.80. The van der Waals surface area contributed by atoms with Gasteiger partial charge in [0.25, 0.3) is 0 Å². The van der Waals surface area contributed by atoms with E-state index in [4.69, 9.17) is 0 Å². The van der Waals surface area contributed by atoms with Crippen LogP contribution in [0.4, 0.5) is 0 Å². The second-order valence-electron chi connectivity index (χ2n) is 6.62. The normalized spacial score (nSPS) is 13.4. The molecule has 1 aromatic heterocycles. The van der Waals surface area contributed by atoms with Crippen LogP contribution >= 0.6 is 11.3 Å². The maximum Gasteiger partial charge on any atom is 0.0328 e. The van der Waals surface area contributed by atoms with Crippen molar-refractivity contribution in [1.29, 1.82) is 0 Å². The number of benzene rings is 1. The number of rotatable bonds is 5. The van der Waals surface area contributed by atoms with Crippen molar-refractivity contribution in [2.75, 3.05) is 0 Å². The molecule has 1 unspecified atom stereocenters. The van der Waals surface area contributed by atoms with Crippen LogP contribution in [0.3, 0.4) is 0 Å². The molecular formula is C18H25NS. The van der Waals surface area contributed by atoms with Gasteiger partial charge in [-0.2, -0.15) is 0 Å². The highest BCUT2D eigenvalue weighted by Crippen LogP contribution is 2.30. The van der Waals surface area contributed by atoms with Crippen LogP contribution in [0.5, 0.6) is 0 Å². The van der Waals surface area contributed by atoms with Crippen LogP contribution in [0.25, 0.3) is 0 Å². The first kappa shape index (κ1) is 15.3. The van der Waals surface area contributed by atoms with Crippen molar-refractivity contribution in [2.45, 2.75) is 46.7 Å². The van der Waals surface area contributed by atoms with Gasteiger partial charge in [0.2, 0.25) is 0 Å². The first-order chi connectivity index (χ1) is 9.44. The van der Waals surface area contributed by atoms with E-state index in [-0.39, 0.29) is 0 Å². The molecule has 1 nitrogen and oxygen atoms in total. The molecule has 0 aliphatic carbocycles. The van der Waals surface area contributed by atoms with Crippen molar-refractivity contribution in [2.24, 2.45) is 5.41 Å². The van der Waals surface area contributed by atoms with Crippen LogP contribution in [0.15, 0.2) is 42.5 Å². The van der Waals surface area contributed by atoms with Gasteiger partial charge in [-0.15, -0.1) is 11.3 Å². The molecule has 0 bridgehead atoms. The van der Waals surface area contributed by atoms with E-state index >= 15 is 0 Å². The van der Waals surface area contributed by atoms with E-state index in [9.17, 15) is 0 Å². The Hall–Kier alpha value is -1.12. The van der Waals surface area contributed by atoms with Gasteiger partial charge in [-0.3, -0.25) is 0 Å². The largest absolute Gasteiger partial charge is 0.305 e. The highest BCUT2D eigenvalue weighted by atomic mass is 32.1. The molecule has 0 amide bonds. The molecule has 0 fully saturated rings. The molecule has 0 saturated carbocycles. The topological polar surface area (TPSA) is 12.0 Å². The van der Waals surface area contributed by atoms with E-state index in [2.05, 4.69) is 75.5 Å². The zero-order valence-corrected chi connectivity index (χ0v) is 13.8. The lowest BCUT2D eigenvalue weighted by molar-refractivity contribution is 0.310. The minimum absolute atomic E-state index is 0.318. The lowest BCUT2D eigenvalue weighted by atomic mass is 9.85. The minimum atomic E-state index is 0.318. The second kappa shape index (κ2) is 6.55. The van der Waals surface area contributed by atoms with Crippen LogP contribution in [0.2, 0.25) is 0 Å².